The topological polar surface area (TPSA) is 64.3 Å². The van der Waals surface area contributed by atoms with Gasteiger partial charge >= 0.3 is 0 Å². The summed E-state index contributed by atoms with van der Waals surface area (Å²) >= 11 is 0. The molecule has 0 aliphatic carbocycles. The molecule has 4 heteroatoms. The van der Waals surface area contributed by atoms with E-state index in [2.05, 4.69) is 11.9 Å². The summed E-state index contributed by atoms with van der Waals surface area (Å²) in [5.74, 6) is 0.142. The highest BCUT2D eigenvalue weighted by molar-refractivity contribution is 5.78. The first-order chi connectivity index (χ1) is 8.43. The van der Waals surface area contributed by atoms with Crippen molar-refractivity contribution in [2.45, 2.75) is 46.1 Å². The van der Waals surface area contributed by atoms with Crippen molar-refractivity contribution in [1.82, 2.24) is 5.32 Å². The first-order valence-electron chi connectivity index (χ1n) is 6.69. The summed E-state index contributed by atoms with van der Waals surface area (Å²) in [6, 6.07) is 0.218. The molecule has 0 saturated heterocycles. The predicted molar refractivity (Wildman–Crippen MR) is 75.3 cm³/mol. The van der Waals surface area contributed by atoms with E-state index in [1.165, 1.54) is 0 Å². The lowest BCUT2D eigenvalue weighted by Gasteiger charge is -2.13. The molecule has 0 radical (unpaired) electrons. The van der Waals surface area contributed by atoms with Gasteiger partial charge in [-0.1, -0.05) is 25.5 Å². The monoisotopic (exact) mass is 256 g/mol. The van der Waals surface area contributed by atoms with E-state index in [-0.39, 0.29) is 17.9 Å². The van der Waals surface area contributed by atoms with Gasteiger partial charge < -0.3 is 15.8 Å². The molecule has 106 valence electrons. The zero-order valence-electron chi connectivity index (χ0n) is 12.0. The Morgan fingerprint density at radius 3 is 2.61 bits per heavy atom. The molecule has 0 aromatic heterocycles. The second-order valence-corrected chi connectivity index (χ2v) is 5.11. The molecule has 2 unspecified atom stereocenters. The van der Waals surface area contributed by atoms with E-state index in [0.29, 0.717) is 19.8 Å². The maximum Gasteiger partial charge on any atom is 0.222 e. The van der Waals surface area contributed by atoms with Crippen LogP contribution in [0, 0.1) is 5.92 Å². The highest BCUT2D eigenvalue weighted by atomic mass is 16.5. The van der Waals surface area contributed by atoms with Crippen LogP contribution in [-0.4, -0.2) is 31.7 Å². The van der Waals surface area contributed by atoms with Crippen LogP contribution >= 0.6 is 0 Å². The highest BCUT2D eigenvalue weighted by Crippen LogP contribution is 2.08. The van der Waals surface area contributed by atoms with Crippen LogP contribution in [0.15, 0.2) is 12.2 Å². The quantitative estimate of drug-likeness (QED) is 0.463. The van der Waals surface area contributed by atoms with Crippen LogP contribution in [0.4, 0.5) is 0 Å². The molecule has 0 aliphatic rings. The van der Waals surface area contributed by atoms with Crippen LogP contribution in [-0.2, 0) is 9.53 Å². The number of hydrogen-bond donors (Lipinski definition) is 2. The molecule has 0 aliphatic heterocycles. The number of hydrogen-bond acceptors (Lipinski definition) is 3. The molecule has 0 aromatic rings. The van der Waals surface area contributed by atoms with Crippen molar-refractivity contribution in [3.05, 3.63) is 12.2 Å². The number of ether oxygens (including phenoxy) is 1. The molecule has 0 spiro atoms. The van der Waals surface area contributed by atoms with Crippen molar-refractivity contribution < 1.29 is 9.53 Å². The van der Waals surface area contributed by atoms with E-state index in [1.54, 1.807) is 0 Å². The molecule has 4 nitrogen and oxygen atoms in total. The van der Waals surface area contributed by atoms with Crippen LogP contribution < -0.4 is 11.1 Å². The fraction of sp³-hybridized carbons (Fsp3) is 0.786. The zero-order chi connectivity index (χ0) is 14.0. The van der Waals surface area contributed by atoms with Crippen molar-refractivity contribution in [1.29, 1.82) is 0 Å². The summed E-state index contributed by atoms with van der Waals surface area (Å²) in [6.45, 7) is 11.2. The van der Waals surface area contributed by atoms with Crippen LogP contribution in [0.1, 0.15) is 40.0 Å². The Bertz CT molecular complexity index is 252. The third-order valence-corrected chi connectivity index (χ3v) is 2.64. The van der Waals surface area contributed by atoms with Crippen molar-refractivity contribution >= 4 is 5.91 Å². The lowest BCUT2D eigenvalue weighted by molar-refractivity contribution is -0.124. The summed E-state index contributed by atoms with van der Waals surface area (Å²) in [5.41, 5.74) is 6.66. The van der Waals surface area contributed by atoms with Gasteiger partial charge in [-0.05, 0) is 26.7 Å². The van der Waals surface area contributed by atoms with Gasteiger partial charge in [-0.25, -0.2) is 0 Å². The van der Waals surface area contributed by atoms with Crippen molar-refractivity contribution in [2.24, 2.45) is 11.7 Å². The van der Waals surface area contributed by atoms with Gasteiger partial charge in [0.25, 0.3) is 0 Å². The fourth-order valence-corrected chi connectivity index (χ4v) is 1.54. The minimum Gasteiger partial charge on any atom is -0.375 e. The molecule has 2 atom stereocenters. The van der Waals surface area contributed by atoms with Gasteiger partial charge in [0.15, 0.2) is 0 Å². The third kappa shape index (κ3) is 10.3. The molecular weight excluding hydrogens is 228 g/mol. The van der Waals surface area contributed by atoms with E-state index in [9.17, 15) is 4.79 Å². The molecule has 0 fully saturated rings. The molecule has 1 amide bonds. The summed E-state index contributed by atoms with van der Waals surface area (Å²) in [7, 11) is 0. The molecular formula is C14H28N2O2. The van der Waals surface area contributed by atoms with Gasteiger partial charge in [-0.3, -0.25) is 4.79 Å². The fourth-order valence-electron chi connectivity index (χ4n) is 1.54. The molecule has 3 N–H and O–H groups in total. The van der Waals surface area contributed by atoms with E-state index >= 15 is 0 Å². The van der Waals surface area contributed by atoms with E-state index in [4.69, 9.17) is 10.5 Å². The number of carbonyl (C=O) groups excluding carboxylic acids is 1. The lowest BCUT2D eigenvalue weighted by atomic mass is 10.0. The summed E-state index contributed by atoms with van der Waals surface area (Å²) in [4.78, 5) is 11.7. The third-order valence-electron chi connectivity index (χ3n) is 2.64. The average molecular weight is 256 g/mol. The highest BCUT2D eigenvalue weighted by Gasteiger charge is 2.11. The van der Waals surface area contributed by atoms with Crippen LogP contribution in [0.25, 0.3) is 0 Å². The summed E-state index contributed by atoms with van der Waals surface area (Å²) in [6.07, 6.45) is 2.86. The number of rotatable bonds is 10. The van der Waals surface area contributed by atoms with Gasteiger partial charge in [0.2, 0.25) is 5.91 Å². The molecule has 0 bridgehead atoms. The van der Waals surface area contributed by atoms with E-state index < -0.39 is 0 Å². The van der Waals surface area contributed by atoms with Crippen molar-refractivity contribution in [2.75, 3.05) is 19.8 Å². The second-order valence-electron chi connectivity index (χ2n) is 5.11. The lowest BCUT2D eigenvalue weighted by Crippen LogP contribution is -2.32. The number of nitrogens with one attached hydrogen (secondary N) is 1. The smallest absolute Gasteiger partial charge is 0.222 e. The molecule has 0 saturated carbocycles. The molecule has 0 aromatic carbocycles. The van der Waals surface area contributed by atoms with Crippen molar-refractivity contribution in [3.63, 3.8) is 0 Å². The maximum atomic E-state index is 11.7. The first-order valence-corrected chi connectivity index (χ1v) is 6.69. The van der Waals surface area contributed by atoms with E-state index in [0.717, 1.165) is 24.8 Å². The van der Waals surface area contributed by atoms with Crippen LogP contribution in [0.2, 0.25) is 0 Å². The predicted octanol–water partition coefficient (Wildman–Crippen LogP) is 1.85. The molecule has 18 heavy (non-hydrogen) atoms. The SMILES string of the molecule is C=C(C)COCCNC(=O)C(C)CCCC(C)N. The number of carbonyl (C=O) groups is 1. The van der Waals surface area contributed by atoms with Gasteiger partial charge in [0.05, 0.1) is 13.2 Å². The van der Waals surface area contributed by atoms with Crippen molar-refractivity contribution in [3.8, 4) is 0 Å². The second kappa shape index (κ2) is 10.1. The normalized spacial score (nSPS) is 14.0. The Morgan fingerprint density at radius 2 is 2.06 bits per heavy atom. The zero-order valence-corrected chi connectivity index (χ0v) is 12.0. The average Bonchev–Trinajstić information content (AvgIpc) is 2.27. The summed E-state index contributed by atoms with van der Waals surface area (Å²) < 4.78 is 5.31. The Balaban J connectivity index is 3.52. The minimum absolute atomic E-state index is 0.0462. The summed E-state index contributed by atoms with van der Waals surface area (Å²) in [5, 5.41) is 2.87. The van der Waals surface area contributed by atoms with Crippen LogP contribution in [0.3, 0.4) is 0 Å². The largest absolute Gasteiger partial charge is 0.375 e. The first kappa shape index (κ1) is 17.1. The maximum absolute atomic E-state index is 11.7. The Hall–Kier alpha value is -0.870. The van der Waals surface area contributed by atoms with Gasteiger partial charge in [0.1, 0.15) is 0 Å². The molecule has 0 rings (SSSR count). The molecule has 0 heterocycles. The number of amides is 1. The van der Waals surface area contributed by atoms with E-state index in [1.807, 2.05) is 20.8 Å². The Kier molecular flexibility index (Phi) is 9.60. The Morgan fingerprint density at radius 1 is 1.39 bits per heavy atom. The Labute approximate surface area is 111 Å². The standard InChI is InChI=1S/C14H28N2O2/c1-11(2)10-18-9-8-16-14(17)12(3)6-5-7-13(4)15/h12-13H,1,5-10,15H2,2-4H3,(H,16,17). The van der Waals surface area contributed by atoms with Gasteiger partial charge in [-0.15, -0.1) is 0 Å². The van der Waals surface area contributed by atoms with Crippen LogP contribution in [0.5, 0.6) is 0 Å². The minimum atomic E-state index is 0.0462. The number of nitrogens with two attached hydrogens (primary N) is 1. The van der Waals surface area contributed by atoms with Gasteiger partial charge in [0, 0.05) is 18.5 Å². The van der Waals surface area contributed by atoms with Gasteiger partial charge in [-0.2, -0.15) is 0 Å².